The molecular weight excluding hydrogens is 314 g/mol. The Morgan fingerprint density at radius 2 is 1.92 bits per heavy atom. The molecule has 3 aromatic rings. The molecule has 0 saturated carbocycles. The summed E-state index contributed by atoms with van der Waals surface area (Å²) >= 11 is 0. The van der Waals surface area contributed by atoms with E-state index in [0.717, 1.165) is 23.6 Å². The summed E-state index contributed by atoms with van der Waals surface area (Å²) in [4.78, 5) is 15.9. The van der Waals surface area contributed by atoms with Crippen molar-refractivity contribution in [1.82, 2.24) is 4.98 Å². The van der Waals surface area contributed by atoms with Crippen LogP contribution in [0.1, 0.15) is 5.69 Å². The van der Waals surface area contributed by atoms with E-state index in [1.807, 2.05) is 18.2 Å². The highest BCUT2D eigenvalue weighted by Crippen LogP contribution is 2.28. The van der Waals surface area contributed by atoms with Crippen molar-refractivity contribution in [3.05, 3.63) is 65.9 Å². The van der Waals surface area contributed by atoms with Crippen molar-refractivity contribution < 1.29 is 18.3 Å². The molecule has 122 valence electrons. The van der Waals surface area contributed by atoms with Crippen LogP contribution in [0.15, 0.2) is 48.5 Å². The number of hydrogen-bond acceptors (Lipinski definition) is 4. The van der Waals surface area contributed by atoms with Gasteiger partial charge in [-0.05, 0) is 24.3 Å². The first-order valence-electron chi connectivity index (χ1n) is 7.24. The number of nitrogens with zero attached hydrogens (tertiary/aromatic N) is 1. The number of halogens is 2. The molecule has 0 aliphatic heterocycles. The largest absolute Gasteiger partial charge is 0.469 e. The number of rotatable bonds is 4. The van der Waals surface area contributed by atoms with Gasteiger partial charge in [-0.3, -0.25) is 9.78 Å². The average molecular weight is 328 g/mol. The van der Waals surface area contributed by atoms with Crippen LogP contribution in [-0.4, -0.2) is 18.1 Å². The smallest absolute Gasteiger partial charge is 0.311 e. The molecule has 0 radical (unpaired) electrons. The highest BCUT2D eigenvalue weighted by Gasteiger charge is 2.11. The summed E-state index contributed by atoms with van der Waals surface area (Å²) in [5.41, 5.74) is 1.65. The molecule has 1 N–H and O–H groups in total. The van der Waals surface area contributed by atoms with Gasteiger partial charge in [0, 0.05) is 17.1 Å². The van der Waals surface area contributed by atoms with Crippen LogP contribution in [0.25, 0.3) is 10.9 Å². The molecule has 0 atom stereocenters. The lowest BCUT2D eigenvalue weighted by atomic mass is 10.1. The number of ether oxygens (including phenoxy) is 1. The van der Waals surface area contributed by atoms with E-state index in [0.29, 0.717) is 16.9 Å². The first-order chi connectivity index (χ1) is 11.6. The Bertz CT molecular complexity index is 913. The van der Waals surface area contributed by atoms with Crippen molar-refractivity contribution in [2.45, 2.75) is 6.42 Å². The van der Waals surface area contributed by atoms with Gasteiger partial charge in [-0.2, -0.15) is 0 Å². The number of carbonyl (C=O) groups is 1. The normalized spacial score (nSPS) is 10.6. The molecule has 1 aromatic heterocycles. The first kappa shape index (κ1) is 15.9. The Hall–Kier alpha value is -3.02. The van der Waals surface area contributed by atoms with Crippen molar-refractivity contribution in [3.63, 3.8) is 0 Å². The molecule has 0 fully saturated rings. The minimum absolute atomic E-state index is 0.00960. The van der Waals surface area contributed by atoms with E-state index in [1.54, 1.807) is 12.1 Å². The topological polar surface area (TPSA) is 51.2 Å². The Balaban J connectivity index is 2.07. The number of aromatic nitrogens is 1. The molecule has 0 amide bonds. The molecule has 2 aromatic carbocycles. The number of para-hydroxylation sites is 1. The number of nitrogens with one attached hydrogen (secondary N) is 1. The first-order valence-corrected chi connectivity index (χ1v) is 7.24. The Kier molecular flexibility index (Phi) is 4.37. The van der Waals surface area contributed by atoms with Crippen molar-refractivity contribution in [2.75, 3.05) is 12.4 Å². The second-order valence-electron chi connectivity index (χ2n) is 5.18. The molecule has 1 heterocycles. The summed E-state index contributed by atoms with van der Waals surface area (Å²) in [6.07, 6.45) is -0.0123. The van der Waals surface area contributed by atoms with E-state index in [9.17, 15) is 13.6 Å². The van der Waals surface area contributed by atoms with E-state index in [4.69, 9.17) is 0 Å². The van der Waals surface area contributed by atoms with Gasteiger partial charge >= 0.3 is 5.97 Å². The summed E-state index contributed by atoms with van der Waals surface area (Å²) in [7, 11) is 1.30. The second kappa shape index (κ2) is 6.62. The lowest BCUT2D eigenvalue weighted by molar-refractivity contribution is -0.139. The van der Waals surface area contributed by atoms with Crippen LogP contribution in [-0.2, 0) is 16.0 Å². The van der Waals surface area contributed by atoms with Gasteiger partial charge in [0.25, 0.3) is 0 Å². The molecule has 6 heteroatoms. The van der Waals surface area contributed by atoms with Crippen LogP contribution >= 0.6 is 0 Å². The maximum absolute atomic E-state index is 13.9. The minimum atomic E-state index is -0.577. The van der Waals surface area contributed by atoms with Gasteiger partial charge < -0.3 is 10.1 Å². The Labute approximate surface area is 137 Å². The molecule has 0 spiro atoms. The fourth-order valence-corrected chi connectivity index (χ4v) is 2.38. The molecule has 0 aliphatic rings. The highest BCUT2D eigenvalue weighted by molar-refractivity contribution is 5.93. The van der Waals surface area contributed by atoms with E-state index in [2.05, 4.69) is 15.0 Å². The zero-order valence-electron chi connectivity index (χ0n) is 12.8. The maximum Gasteiger partial charge on any atom is 0.311 e. The predicted octanol–water partition coefficient (Wildman–Crippen LogP) is 3.97. The van der Waals surface area contributed by atoms with Crippen LogP contribution in [0, 0.1) is 11.6 Å². The van der Waals surface area contributed by atoms with Gasteiger partial charge in [0.05, 0.1) is 30.4 Å². The summed E-state index contributed by atoms with van der Waals surface area (Å²) in [5.74, 6) is -1.56. The van der Waals surface area contributed by atoms with Crippen molar-refractivity contribution >= 4 is 28.2 Å². The standard InChI is InChI=1S/C18H14F2N2O2/c1-24-18(23)10-12-9-16(13-4-2-3-5-15(13)21-12)22-17-8-11(19)6-7-14(17)20/h2-9H,10H2,1H3,(H,21,22). The van der Waals surface area contributed by atoms with Crippen LogP contribution in [0.4, 0.5) is 20.2 Å². The third-order valence-electron chi connectivity index (χ3n) is 3.52. The second-order valence-corrected chi connectivity index (χ2v) is 5.18. The van der Waals surface area contributed by atoms with Gasteiger partial charge in [0.15, 0.2) is 0 Å². The fourth-order valence-electron chi connectivity index (χ4n) is 2.38. The van der Waals surface area contributed by atoms with E-state index in [-0.39, 0.29) is 12.1 Å². The summed E-state index contributed by atoms with van der Waals surface area (Å²) in [5, 5.41) is 3.61. The zero-order valence-corrected chi connectivity index (χ0v) is 12.8. The molecule has 3 rings (SSSR count). The van der Waals surface area contributed by atoms with Crippen LogP contribution in [0.3, 0.4) is 0 Å². The maximum atomic E-state index is 13.9. The third-order valence-corrected chi connectivity index (χ3v) is 3.52. The number of anilines is 2. The molecular formula is C18H14F2N2O2. The average Bonchev–Trinajstić information content (AvgIpc) is 2.58. The molecule has 4 nitrogen and oxygen atoms in total. The lowest BCUT2D eigenvalue weighted by Crippen LogP contribution is -2.07. The van der Waals surface area contributed by atoms with Crippen molar-refractivity contribution in [2.24, 2.45) is 0 Å². The minimum Gasteiger partial charge on any atom is -0.469 e. The van der Waals surface area contributed by atoms with Crippen LogP contribution < -0.4 is 5.32 Å². The molecule has 0 aliphatic carbocycles. The summed E-state index contributed by atoms with van der Waals surface area (Å²) in [6.45, 7) is 0. The zero-order chi connectivity index (χ0) is 17.1. The summed E-state index contributed by atoms with van der Waals surface area (Å²) < 4.78 is 31.9. The number of hydrogen-bond donors (Lipinski definition) is 1. The quantitative estimate of drug-likeness (QED) is 0.736. The van der Waals surface area contributed by atoms with Crippen LogP contribution in [0.5, 0.6) is 0 Å². The fraction of sp³-hybridized carbons (Fsp3) is 0.111. The van der Waals surface area contributed by atoms with Gasteiger partial charge in [0.1, 0.15) is 11.6 Å². The number of fused-ring (bicyclic) bond motifs is 1. The number of carbonyl (C=O) groups excluding carboxylic acids is 1. The van der Waals surface area contributed by atoms with Crippen molar-refractivity contribution in [1.29, 1.82) is 0 Å². The Morgan fingerprint density at radius 1 is 1.12 bits per heavy atom. The monoisotopic (exact) mass is 328 g/mol. The van der Waals surface area contributed by atoms with E-state index >= 15 is 0 Å². The van der Waals surface area contributed by atoms with E-state index in [1.165, 1.54) is 7.11 Å². The molecule has 0 unspecified atom stereocenters. The lowest BCUT2D eigenvalue weighted by Gasteiger charge is -2.12. The number of esters is 1. The predicted molar refractivity (Wildman–Crippen MR) is 87.1 cm³/mol. The highest BCUT2D eigenvalue weighted by atomic mass is 19.1. The van der Waals surface area contributed by atoms with Gasteiger partial charge in [-0.1, -0.05) is 18.2 Å². The molecule has 0 bridgehead atoms. The molecule has 24 heavy (non-hydrogen) atoms. The number of methoxy groups -OCH3 is 1. The SMILES string of the molecule is COC(=O)Cc1cc(Nc2cc(F)ccc2F)c2ccccc2n1. The van der Waals surface area contributed by atoms with E-state index < -0.39 is 17.6 Å². The third kappa shape index (κ3) is 3.32. The number of pyridine rings is 1. The van der Waals surface area contributed by atoms with Gasteiger partial charge in [-0.15, -0.1) is 0 Å². The van der Waals surface area contributed by atoms with Crippen molar-refractivity contribution in [3.8, 4) is 0 Å². The van der Waals surface area contributed by atoms with Gasteiger partial charge in [-0.25, -0.2) is 8.78 Å². The Morgan fingerprint density at radius 3 is 2.71 bits per heavy atom. The number of benzene rings is 2. The molecule has 0 saturated heterocycles. The summed E-state index contributed by atoms with van der Waals surface area (Å²) in [6, 6.07) is 12.0. The van der Waals surface area contributed by atoms with Gasteiger partial charge in [0.2, 0.25) is 0 Å². The van der Waals surface area contributed by atoms with Crippen LogP contribution in [0.2, 0.25) is 0 Å².